The minimum absolute atomic E-state index is 0.0105. The standard InChI is InChI=1S/C18H22ClN3O2S/c1-13-20-17(22-24-13)18(8-3-2-4-9-18)21-16(23)12-25-11-14-6-5-7-15(19)10-14/h5-7,10H,2-4,8-9,11-12H2,1H3,(H,21,23). The Bertz CT molecular complexity index is 729. The van der Waals surface area contributed by atoms with E-state index in [1.165, 1.54) is 6.42 Å². The number of benzene rings is 1. The molecule has 0 atom stereocenters. The molecule has 134 valence electrons. The first kappa shape index (κ1) is 18.3. The molecule has 25 heavy (non-hydrogen) atoms. The zero-order valence-corrected chi connectivity index (χ0v) is 15.8. The van der Waals surface area contributed by atoms with Crippen molar-refractivity contribution >= 4 is 29.3 Å². The smallest absolute Gasteiger partial charge is 0.230 e. The van der Waals surface area contributed by atoms with Crippen LogP contribution in [0, 0.1) is 6.92 Å². The topological polar surface area (TPSA) is 68.0 Å². The SMILES string of the molecule is Cc1nc(C2(NC(=O)CSCc3cccc(Cl)c3)CCCCC2)no1. The van der Waals surface area contributed by atoms with Gasteiger partial charge in [-0.15, -0.1) is 11.8 Å². The molecule has 1 N–H and O–H groups in total. The van der Waals surface area contributed by atoms with Crippen LogP contribution in [-0.2, 0) is 16.1 Å². The monoisotopic (exact) mass is 379 g/mol. The molecule has 0 saturated heterocycles. The number of aryl methyl sites for hydroxylation is 1. The number of rotatable bonds is 6. The van der Waals surface area contributed by atoms with E-state index in [0.29, 0.717) is 17.5 Å². The summed E-state index contributed by atoms with van der Waals surface area (Å²) in [6.45, 7) is 1.77. The second kappa shape index (κ2) is 8.23. The van der Waals surface area contributed by atoms with Crippen molar-refractivity contribution in [2.45, 2.75) is 50.3 Å². The molecular formula is C18H22ClN3O2S. The summed E-state index contributed by atoms with van der Waals surface area (Å²) in [5, 5.41) is 7.99. The molecule has 0 aliphatic heterocycles. The zero-order chi connectivity index (χ0) is 17.7. The van der Waals surface area contributed by atoms with Crippen molar-refractivity contribution in [3.05, 3.63) is 46.6 Å². The predicted molar refractivity (Wildman–Crippen MR) is 99.6 cm³/mol. The van der Waals surface area contributed by atoms with Crippen molar-refractivity contribution < 1.29 is 9.32 Å². The van der Waals surface area contributed by atoms with Crippen LogP contribution in [0.1, 0.15) is 49.4 Å². The molecule has 1 amide bonds. The molecule has 1 saturated carbocycles. The molecular weight excluding hydrogens is 358 g/mol. The molecule has 2 aromatic rings. The molecule has 5 nitrogen and oxygen atoms in total. The number of nitrogens with one attached hydrogen (secondary N) is 1. The normalized spacial score (nSPS) is 16.6. The number of carbonyl (C=O) groups is 1. The third kappa shape index (κ3) is 4.76. The van der Waals surface area contributed by atoms with Crippen molar-refractivity contribution in [1.82, 2.24) is 15.5 Å². The van der Waals surface area contributed by atoms with Gasteiger partial charge < -0.3 is 9.84 Å². The van der Waals surface area contributed by atoms with Crippen LogP contribution >= 0.6 is 23.4 Å². The fourth-order valence-corrected chi connectivity index (χ4v) is 4.23. The minimum atomic E-state index is -0.482. The number of nitrogens with zero attached hydrogens (tertiary/aromatic N) is 2. The highest BCUT2D eigenvalue weighted by Crippen LogP contribution is 2.35. The Kier molecular flexibility index (Phi) is 6.02. The van der Waals surface area contributed by atoms with Crippen molar-refractivity contribution in [2.24, 2.45) is 0 Å². The van der Waals surface area contributed by atoms with Gasteiger partial charge in [0, 0.05) is 17.7 Å². The lowest BCUT2D eigenvalue weighted by atomic mass is 9.81. The van der Waals surface area contributed by atoms with Crippen LogP contribution in [0.4, 0.5) is 0 Å². The number of carbonyl (C=O) groups excluding carboxylic acids is 1. The molecule has 1 aliphatic rings. The Morgan fingerprint density at radius 1 is 1.36 bits per heavy atom. The van der Waals surface area contributed by atoms with Crippen molar-refractivity contribution in [3.8, 4) is 0 Å². The summed E-state index contributed by atoms with van der Waals surface area (Å²) in [5.74, 6) is 2.30. The molecule has 1 aliphatic carbocycles. The van der Waals surface area contributed by atoms with Gasteiger partial charge in [-0.1, -0.05) is 48.2 Å². The average Bonchev–Trinajstić information content (AvgIpc) is 3.03. The Balaban J connectivity index is 1.59. The molecule has 1 fully saturated rings. The van der Waals surface area contributed by atoms with E-state index in [1.54, 1.807) is 18.7 Å². The van der Waals surface area contributed by atoms with Gasteiger partial charge in [-0.05, 0) is 30.5 Å². The van der Waals surface area contributed by atoms with Gasteiger partial charge in [0.25, 0.3) is 0 Å². The summed E-state index contributed by atoms with van der Waals surface area (Å²) < 4.78 is 5.14. The first-order chi connectivity index (χ1) is 12.1. The zero-order valence-electron chi connectivity index (χ0n) is 14.3. The molecule has 0 bridgehead atoms. The molecule has 1 aromatic carbocycles. The minimum Gasteiger partial charge on any atom is -0.343 e. The van der Waals surface area contributed by atoms with Gasteiger partial charge >= 0.3 is 0 Å². The first-order valence-corrected chi connectivity index (χ1v) is 10.0. The van der Waals surface area contributed by atoms with Gasteiger partial charge in [-0.25, -0.2) is 0 Å². The Labute approximate surface area is 156 Å². The maximum Gasteiger partial charge on any atom is 0.230 e. The van der Waals surface area contributed by atoms with E-state index in [-0.39, 0.29) is 5.91 Å². The predicted octanol–water partition coefficient (Wildman–Crippen LogP) is 4.24. The van der Waals surface area contributed by atoms with Crippen LogP contribution in [0.25, 0.3) is 0 Å². The van der Waals surface area contributed by atoms with E-state index in [1.807, 2.05) is 24.3 Å². The fourth-order valence-electron chi connectivity index (χ4n) is 3.24. The number of aromatic nitrogens is 2. The lowest BCUT2D eigenvalue weighted by molar-refractivity contribution is -0.121. The van der Waals surface area contributed by atoms with E-state index in [4.69, 9.17) is 16.1 Å². The molecule has 1 aromatic heterocycles. The third-order valence-electron chi connectivity index (χ3n) is 4.43. The average molecular weight is 380 g/mol. The van der Waals surface area contributed by atoms with Gasteiger partial charge in [0.15, 0.2) is 5.82 Å². The quantitative estimate of drug-likeness (QED) is 0.812. The Morgan fingerprint density at radius 2 is 2.16 bits per heavy atom. The highest BCUT2D eigenvalue weighted by molar-refractivity contribution is 7.99. The van der Waals surface area contributed by atoms with E-state index in [0.717, 1.165) is 42.0 Å². The maximum absolute atomic E-state index is 12.5. The van der Waals surface area contributed by atoms with Crippen molar-refractivity contribution in [1.29, 1.82) is 0 Å². The van der Waals surface area contributed by atoms with E-state index in [9.17, 15) is 4.79 Å². The molecule has 0 spiro atoms. The van der Waals surface area contributed by atoms with Gasteiger partial charge in [0.2, 0.25) is 11.8 Å². The number of hydrogen-bond acceptors (Lipinski definition) is 5. The fraction of sp³-hybridized carbons (Fsp3) is 0.500. The molecule has 0 unspecified atom stereocenters. The lowest BCUT2D eigenvalue weighted by Gasteiger charge is -2.35. The van der Waals surface area contributed by atoms with E-state index < -0.39 is 5.54 Å². The Hall–Kier alpha value is -1.53. The second-order valence-electron chi connectivity index (χ2n) is 6.45. The van der Waals surface area contributed by atoms with Crippen LogP contribution in [0.3, 0.4) is 0 Å². The number of hydrogen-bond donors (Lipinski definition) is 1. The largest absolute Gasteiger partial charge is 0.343 e. The summed E-state index contributed by atoms with van der Waals surface area (Å²) in [7, 11) is 0. The lowest BCUT2D eigenvalue weighted by Crippen LogP contribution is -2.48. The molecule has 0 radical (unpaired) electrons. The summed E-state index contributed by atoms with van der Waals surface area (Å²) in [6, 6.07) is 7.72. The molecule has 7 heteroatoms. The van der Waals surface area contributed by atoms with Crippen LogP contribution in [-0.4, -0.2) is 21.8 Å². The highest BCUT2D eigenvalue weighted by Gasteiger charge is 2.39. The number of thioether (sulfide) groups is 1. The highest BCUT2D eigenvalue weighted by atomic mass is 35.5. The van der Waals surface area contributed by atoms with Gasteiger partial charge in [0.1, 0.15) is 5.54 Å². The van der Waals surface area contributed by atoms with E-state index >= 15 is 0 Å². The van der Waals surface area contributed by atoms with Gasteiger partial charge in [-0.3, -0.25) is 4.79 Å². The summed E-state index contributed by atoms with van der Waals surface area (Å²) in [4.78, 5) is 16.9. The van der Waals surface area contributed by atoms with Crippen molar-refractivity contribution in [2.75, 3.05) is 5.75 Å². The van der Waals surface area contributed by atoms with Crippen molar-refractivity contribution in [3.63, 3.8) is 0 Å². The van der Waals surface area contributed by atoms with Crippen LogP contribution < -0.4 is 5.32 Å². The summed E-state index contributed by atoms with van der Waals surface area (Å²) >= 11 is 7.57. The molecule has 3 rings (SSSR count). The van der Waals surface area contributed by atoms with Crippen LogP contribution in [0.2, 0.25) is 5.02 Å². The Morgan fingerprint density at radius 3 is 2.84 bits per heavy atom. The van der Waals surface area contributed by atoms with Crippen LogP contribution in [0.5, 0.6) is 0 Å². The van der Waals surface area contributed by atoms with Gasteiger partial charge in [-0.2, -0.15) is 4.98 Å². The number of amides is 1. The van der Waals surface area contributed by atoms with Crippen LogP contribution in [0.15, 0.2) is 28.8 Å². The van der Waals surface area contributed by atoms with E-state index in [2.05, 4.69) is 15.5 Å². The molecule has 1 heterocycles. The first-order valence-electron chi connectivity index (χ1n) is 8.51. The summed E-state index contributed by atoms with van der Waals surface area (Å²) in [5.41, 5.74) is 0.635. The number of halogens is 1. The third-order valence-corrected chi connectivity index (χ3v) is 5.67. The maximum atomic E-state index is 12.5. The van der Waals surface area contributed by atoms with Gasteiger partial charge in [0.05, 0.1) is 5.75 Å². The summed E-state index contributed by atoms with van der Waals surface area (Å²) in [6.07, 6.45) is 5.01. The second-order valence-corrected chi connectivity index (χ2v) is 7.87.